The molecule has 0 radical (unpaired) electrons. The van der Waals surface area contributed by atoms with E-state index in [2.05, 4.69) is 5.32 Å². The summed E-state index contributed by atoms with van der Waals surface area (Å²) in [6.45, 7) is 4.66. The van der Waals surface area contributed by atoms with Crippen LogP contribution in [0, 0.1) is 5.92 Å². The molecule has 0 heterocycles. The molecule has 1 fully saturated rings. The average Bonchev–Trinajstić information content (AvgIpc) is 3.07. The van der Waals surface area contributed by atoms with Crippen molar-refractivity contribution >= 4 is 11.9 Å². The lowest BCUT2D eigenvalue weighted by molar-refractivity contribution is -0.148. The molecule has 0 bridgehead atoms. The molecule has 5 nitrogen and oxygen atoms in total. The van der Waals surface area contributed by atoms with Gasteiger partial charge in [-0.1, -0.05) is 0 Å². The highest BCUT2D eigenvalue weighted by molar-refractivity contribution is 5.87. The Balaban J connectivity index is 2.35. The van der Waals surface area contributed by atoms with E-state index in [4.69, 9.17) is 9.84 Å². The predicted molar refractivity (Wildman–Crippen MR) is 62.6 cm³/mol. The third-order valence-electron chi connectivity index (χ3n) is 3.13. The van der Waals surface area contributed by atoms with Crippen LogP contribution in [0.5, 0.6) is 0 Å². The first-order chi connectivity index (χ1) is 8.00. The second-order valence-electron chi connectivity index (χ2n) is 4.63. The Morgan fingerprint density at radius 1 is 1.47 bits per heavy atom. The molecule has 1 aliphatic rings. The van der Waals surface area contributed by atoms with Crippen molar-refractivity contribution in [2.24, 2.45) is 5.92 Å². The molecule has 0 aliphatic heterocycles. The van der Waals surface area contributed by atoms with Gasteiger partial charge in [-0.25, -0.2) is 4.79 Å². The van der Waals surface area contributed by atoms with Gasteiger partial charge in [-0.2, -0.15) is 0 Å². The fourth-order valence-corrected chi connectivity index (χ4v) is 1.82. The second-order valence-corrected chi connectivity index (χ2v) is 4.63. The Morgan fingerprint density at radius 2 is 2.12 bits per heavy atom. The monoisotopic (exact) mass is 243 g/mol. The van der Waals surface area contributed by atoms with E-state index < -0.39 is 11.5 Å². The number of carbonyl (C=O) groups is 2. The number of ether oxygens (including phenoxy) is 1. The Labute approximate surface area is 102 Å². The molecule has 1 unspecified atom stereocenters. The Morgan fingerprint density at radius 3 is 2.59 bits per heavy atom. The maximum absolute atomic E-state index is 11.6. The van der Waals surface area contributed by atoms with Crippen molar-refractivity contribution in [1.82, 2.24) is 5.32 Å². The summed E-state index contributed by atoms with van der Waals surface area (Å²) in [4.78, 5) is 22.8. The van der Waals surface area contributed by atoms with Gasteiger partial charge in [0.1, 0.15) is 5.54 Å². The van der Waals surface area contributed by atoms with Crippen molar-refractivity contribution in [3.05, 3.63) is 0 Å². The summed E-state index contributed by atoms with van der Waals surface area (Å²) in [5.74, 6) is -1.07. The number of rotatable bonds is 8. The van der Waals surface area contributed by atoms with Gasteiger partial charge in [0.15, 0.2) is 0 Å². The molecule has 1 atom stereocenters. The topological polar surface area (TPSA) is 75.6 Å². The smallest absolute Gasteiger partial charge is 0.329 e. The van der Waals surface area contributed by atoms with E-state index in [0.29, 0.717) is 26.1 Å². The van der Waals surface area contributed by atoms with Gasteiger partial charge < -0.3 is 15.2 Å². The number of aliphatic carboxylic acids is 1. The molecule has 0 aromatic carbocycles. The Bertz CT molecular complexity index is 288. The van der Waals surface area contributed by atoms with E-state index >= 15 is 0 Å². The van der Waals surface area contributed by atoms with Gasteiger partial charge in [-0.15, -0.1) is 0 Å². The molecular weight excluding hydrogens is 222 g/mol. The molecule has 0 spiro atoms. The molecule has 0 aromatic heterocycles. The maximum Gasteiger partial charge on any atom is 0.329 e. The molecule has 17 heavy (non-hydrogen) atoms. The third kappa shape index (κ3) is 4.00. The zero-order chi connectivity index (χ0) is 12.9. The van der Waals surface area contributed by atoms with Crippen LogP contribution in [0.15, 0.2) is 0 Å². The van der Waals surface area contributed by atoms with Crippen molar-refractivity contribution in [3.8, 4) is 0 Å². The van der Waals surface area contributed by atoms with Crippen LogP contribution in [0.4, 0.5) is 0 Å². The summed E-state index contributed by atoms with van der Waals surface area (Å²) in [5, 5.41) is 11.8. The van der Waals surface area contributed by atoms with Crippen LogP contribution in [0.3, 0.4) is 0 Å². The highest BCUT2D eigenvalue weighted by Crippen LogP contribution is 2.39. The normalized spacial score (nSPS) is 18.5. The van der Waals surface area contributed by atoms with Crippen molar-refractivity contribution in [3.63, 3.8) is 0 Å². The molecule has 98 valence electrons. The number of carboxylic acids is 1. The second kappa shape index (κ2) is 6.00. The minimum atomic E-state index is -1.09. The van der Waals surface area contributed by atoms with Crippen molar-refractivity contribution in [1.29, 1.82) is 0 Å². The lowest BCUT2D eigenvalue weighted by Crippen LogP contribution is -2.54. The lowest BCUT2D eigenvalue weighted by Gasteiger charge is -2.26. The zero-order valence-electron chi connectivity index (χ0n) is 10.5. The number of nitrogens with one attached hydrogen (secondary N) is 1. The van der Waals surface area contributed by atoms with E-state index in [1.807, 2.05) is 6.92 Å². The molecule has 1 rings (SSSR count). The number of hydrogen-bond acceptors (Lipinski definition) is 3. The summed E-state index contributed by atoms with van der Waals surface area (Å²) in [6.07, 6.45) is 2.69. The number of hydrogen-bond donors (Lipinski definition) is 2. The van der Waals surface area contributed by atoms with Gasteiger partial charge in [0.25, 0.3) is 0 Å². The molecule has 0 aromatic rings. The number of carbonyl (C=O) groups excluding carboxylic acids is 1. The van der Waals surface area contributed by atoms with E-state index in [-0.39, 0.29) is 11.8 Å². The van der Waals surface area contributed by atoms with Crippen LogP contribution in [0.25, 0.3) is 0 Å². The number of amides is 1. The van der Waals surface area contributed by atoms with Gasteiger partial charge >= 0.3 is 5.97 Å². The standard InChI is InChI=1S/C12H21NO4/c1-3-17-8-4-5-10(14)13-12(2,11(15)16)9-6-7-9/h9H,3-8H2,1-2H3,(H,13,14)(H,15,16). The summed E-state index contributed by atoms with van der Waals surface area (Å²) in [6, 6.07) is 0. The molecule has 1 saturated carbocycles. The highest BCUT2D eigenvalue weighted by Gasteiger charge is 2.48. The van der Waals surface area contributed by atoms with E-state index in [9.17, 15) is 9.59 Å². The van der Waals surface area contributed by atoms with Crippen LogP contribution in [0.1, 0.15) is 39.5 Å². The van der Waals surface area contributed by atoms with Crippen molar-refractivity contribution in [2.75, 3.05) is 13.2 Å². The highest BCUT2D eigenvalue weighted by atomic mass is 16.5. The van der Waals surface area contributed by atoms with Gasteiger partial charge in [-0.3, -0.25) is 4.79 Å². The van der Waals surface area contributed by atoms with Gasteiger partial charge in [0.2, 0.25) is 5.91 Å². The minimum Gasteiger partial charge on any atom is -0.480 e. The molecule has 5 heteroatoms. The first-order valence-electron chi connectivity index (χ1n) is 6.13. The SMILES string of the molecule is CCOCCCC(=O)NC(C)(C(=O)O)C1CC1. The van der Waals surface area contributed by atoms with Gasteiger partial charge in [0, 0.05) is 19.6 Å². The van der Waals surface area contributed by atoms with E-state index in [0.717, 1.165) is 12.8 Å². The lowest BCUT2D eigenvalue weighted by atomic mass is 9.95. The molecule has 1 aliphatic carbocycles. The van der Waals surface area contributed by atoms with Gasteiger partial charge in [-0.05, 0) is 39.0 Å². The first-order valence-corrected chi connectivity index (χ1v) is 6.13. The summed E-state index contributed by atoms with van der Waals surface area (Å²) < 4.78 is 5.12. The largest absolute Gasteiger partial charge is 0.480 e. The van der Waals surface area contributed by atoms with Crippen molar-refractivity contribution in [2.45, 2.75) is 45.1 Å². The zero-order valence-corrected chi connectivity index (χ0v) is 10.5. The van der Waals surface area contributed by atoms with Crippen molar-refractivity contribution < 1.29 is 19.4 Å². The van der Waals surface area contributed by atoms with Crippen LogP contribution in [-0.2, 0) is 14.3 Å². The fourth-order valence-electron chi connectivity index (χ4n) is 1.82. The molecule has 2 N–H and O–H groups in total. The third-order valence-corrected chi connectivity index (χ3v) is 3.13. The maximum atomic E-state index is 11.6. The van der Waals surface area contributed by atoms with Gasteiger partial charge in [0.05, 0.1) is 0 Å². The summed E-state index contributed by atoms with van der Waals surface area (Å²) >= 11 is 0. The average molecular weight is 243 g/mol. The Hall–Kier alpha value is -1.10. The Kier molecular flexibility index (Phi) is 4.93. The number of carboxylic acid groups (broad SMARTS) is 1. The van der Waals surface area contributed by atoms with E-state index in [1.165, 1.54) is 0 Å². The van der Waals surface area contributed by atoms with Crippen LogP contribution in [0.2, 0.25) is 0 Å². The molecule has 0 saturated heterocycles. The van der Waals surface area contributed by atoms with Crippen LogP contribution < -0.4 is 5.32 Å². The first kappa shape index (κ1) is 14.0. The minimum absolute atomic E-state index is 0.0795. The quantitative estimate of drug-likeness (QED) is 0.627. The van der Waals surface area contributed by atoms with Crippen LogP contribution in [-0.4, -0.2) is 35.7 Å². The summed E-state index contributed by atoms with van der Waals surface area (Å²) in [5.41, 5.74) is -1.09. The summed E-state index contributed by atoms with van der Waals surface area (Å²) in [7, 11) is 0. The van der Waals surface area contributed by atoms with Crippen LogP contribution >= 0.6 is 0 Å². The van der Waals surface area contributed by atoms with E-state index in [1.54, 1.807) is 6.92 Å². The predicted octanol–water partition coefficient (Wildman–Crippen LogP) is 1.17. The fraction of sp³-hybridized carbons (Fsp3) is 0.833. The molecular formula is C12H21NO4. The molecule has 1 amide bonds.